The summed E-state index contributed by atoms with van der Waals surface area (Å²) in [5.41, 5.74) is 1.34. The van der Waals surface area contributed by atoms with Crippen LogP contribution in [0.1, 0.15) is 5.56 Å². The first kappa shape index (κ1) is 19.6. The fraction of sp³-hybridized carbons (Fsp3) is 0.150. The summed E-state index contributed by atoms with van der Waals surface area (Å²) in [5, 5.41) is 11.3. The molecular weight excluding hydrogens is 408 g/mol. The van der Waals surface area contributed by atoms with Crippen molar-refractivity contribution in [1.82, 2.24) is 29.9 Å². The number of halogens is 1. The van der Waals surface area contributed by atoms with Crippen LogP contribution in [0.25, 0.3) is 16.9 Å². The Kier molecular flexibility index (Phi) is 5.44. The van der Waals surface area contributed by atoms with Crippen molar-refractivity contribution >= 4 is 28.7 Å². The first-order valence-corrected chi connectivity index (χ1v) is 9.40. The lowest BCUT2D eigenvalue weighted by Gasteiger charge is -2.08. The van der Waals surface area contributed by atoms with Crippen molar-refractivity contribution in [3.8, 4) is 11.4 Å². The zero-order chi connectivity index (χ0) is 21.1. The highest BCUT2D eigenvalue weighted by Crippen LogP contribution is 2.18. The fourth-order valence-electron chi connectivity index (χ4n) is 2.92. The number of nitrogens with one attached hydrogen (secondary N) is 1. The lowest BCUT2D eigenvalue weighted by molar-refractivity contribution is -0.121. The maximum Gasteiger partial charge on any atom is 0.284 e. The topological polar surface area (TPSA) is 104 Å². The Labute approximate surface area is 175 Å². The summed E-state index contributed by atoms with van der Waals surface area (Å²) >= 11 is 6.09. The second-order valence-corrected chi connectivity index (χ2v) is 6.83. The van der Waals surface area contributed by atoms with E-state index in [1.54, 1.807) is 37.4 Å². The van der Waals surface area contributed by atoms with E-state index in [1.807, 2.05) is 18.2 Å². The number of methoxy groups -OCH3 is 1. The Balaban J connectivity index is 1.55. The van der Waals surface area contributed by atoms with Crippen molar-refractivity contribution in [1.29, 1.82) is 0 Å². The summed E-state index contributed by atoms with van der Waals surface area (Å²) in [7, 11) is 1.56. The van der Waals surface area contributed by atoms with Crippen molar-refractivity contribution in [2.24, 2.45) is 0 Å². The standard InChI is InChI=1S/C20H17ClN6O3/c1-30-15-7-4-6-14(9-15)27-19-18(24-25-27)20(29)26(12-23-19)11-17(28)22-10-13-5-2-3-8-16(13)21/h2-9,12H,10-11H2,1H3,(H,22,28). The molecule has 0 bridgehead atoms. The van der Waals surface area contributed by atoms with Crippen LogP contribution in [0.5, 0.6) is 5.75 Å². The monoisotopic (exact) mass is 424 g/mol. The SMILES string of the molecule is COc1cccc(-n2nnc3c(=O)n(CC(=O)NCc4ccccc4Cl)cnc32)c1. The van der Waals surface area contributed by atoms with E-state index in [0.717, 1.165) is 5.56 Å². The highest BCUT2D eigenvalue weighted by molar-refractivity contribution is 6.31. The number of benzene rings is 2. The molecule has 0 fully saturated rings. The number of nitrogens with zero attached hydrogens (tertiary/aromatic N) is 5. The molecule has 2 aromatic carbocycles. The van der Waals surface area contributed by atoms with E-state index in [2.05, 4.69) is 20.6 Å². The van der Waals surface area contributed by atoms with Gasteiger partial charge < -0.3 is 10.1 Å². The van der Waals surface area contributed by atoms with Gasteiger partial charge in [0.1, 0.15) is 18.6 Å². The van der Waals surface area contributed by atoms with Crippen LogP contribution in [0.3, 0.4) is 0 Å². The van der Waals surface area contributed by atoms with Crippen LogP contribution in [0, 0.1) is 0 Å². The quantitative estimate of drug-likeness (QED) is 0.507. The molecule has 4 rings (SSSR count). The van der Waals surface area contributed by atoms with E-state index < -0.39 is 5.56 Å². The van der Waals surface area contributed by atoms with Gasteiger partial charge in [0, 0.05) is 17.6 Å². The van der Waals surface area contributed by atoms with E-state index in [1.165, 1.54) is 15.6 Å². The summed E-state index contributed by atoms with van der Waals surface area (Å²) in [4.78, 5) is 29.3. The molecule has 10 heteroatoms. The minimum absolute atomic E-state index is 0.0687. The molecule has 0 aliphatic heterocycles. The summed E-state index contributed by atoms with van der Waals surface area (Å²) in [6.07, 6.45) is 1.31. The maximum atomic E-state index is 12.7. The van der Waals surface area contributed by atoms with Crippen LogP contribution in [-0.2, 0) is 17.9 Å². The van der Waals surface area contributed by atoms with Crippen molar-refractivity contribution in [2.75, 3.05) is 7.11 Å². The number of aromatic nitrogens is 5. The Bertz CT molecular complexity index is 1280. The lowest BCUT2D eigenvalue weighted by Crippen LogP contribution is -2.32. The molecule has 30 heavy (non-hydrogen) atoms. The molecule has 2 aromatic heterocycles. The summed E-state index contributed by atoms with van der Waals surface area (Å²) in [6, 6.07) is 14.4. The molecule has 0 saturated heterocycles. The second-order valence-electron chi connectivity index (χ2n) is 6.42. The Morgan fingerprint density at radius 1 is 1.20 bits per heavy atom. The first-order chi connectivity index (χ1) is 14.6. The molecule has 0 spiro atoms. The van der Waals surface area contributed by atoms with E-state index in [0.29, 0.717) is 22.1 Å². The Hall–Kier alpha value is -3.72. The van der Waals surface area contributed by atoms with E-state index in [9.17, 15) is 9.59 Å². The maximum absolute atomic E-state index is 12.7. The van der Waals surface area contributed by atoms with E-state index >= 15 is 0 Å². The second kappa shape index (κ2) is 8.34. The molecule has 1 N–H and O–H groups in total. The predicted octanol–water partition coefficient (Wildman–Crippen LogP) is 1.96. The lowest BCUT2D eigenvalue weighted by atomic mass is 10.2. The van der Waals surface area contributed by atoms with Crippen LogP contribution in [0.2, 0.25) is 5.02 Å². The molecule has 0 saturated carbocycles. The van der Waals surface area contributed by atoms with Gasteiger partial charge in [-0.05, 0) is 23.8 Å². The molecular formula is C20H17ClN6O3. The molecule has 0 radical (unpaired) electrons. The van der Waals surface area contributed by atoms with Crippen molar-refractivity contribution in [2.45, 2.75) is 13.1 Å². The number of hydrogen-bond acceptors (Lipinski definition) is 6. The highest BCUT2D eigenvalue weighted by Gasteiger charge is 2.15. The van der Waals surface area contributed by atoms with Crippen LogP contribution in [0.4, 0.5) is 0 Å². The van der Waals surface area contributed by atoms with E-state index in [4.69, 9.17) is 16.3 Å². The molecule has 2 heterocycles. The Morgan fingerprint density at radius 3 is 2.83 bits per heavy atom. The van der Waals surface area contributed by atoms with Gasteiger partial charge in [-0.1, -0.05) is 41.1 Å². The number of carbonyl (C=O) groups is 1. The molecule has 0 unspecified atom stereocenters. The molecule has 4 aromatic rings. The smallest absolute Gasteiger partial charge is 0.284 e. The van der Waals surface area contributed by atoms with Gasteiger partial charge in [0.25, 0.3) is 5.56 Å². The average molecular weight is 425 g/mol. The normalized spacial score (nSPS) is 10.9. The minimum Gasteiger partial charge on any atom is -0.497 e. The van der Waals surface area contributed by atoms with Gasteiger partial charge in [-0.15, -0.1) is 5.10 Å². The van der Waals surface area contributed by atoms with Crippen LogP contribution in [-0.4, -0.2) is 37.6 Å². The first-order valence-electron chi connectivity index (χ1n) is 9.02. The molecule has 9 nitrogen and oxygen atoms in total. The highest BCUT2D eigenvalue weighted by atomic mass is 35.5. The molecule has 0 atom stereocenters. The van der Waals surface area contributed by atoms with Crippen LogP contribution in [0.15, 0.2) is 59.7 Å². The van der Waals surface area contributed by atoms with Crippen molar-refractivity contribution < 1.29 is 9.53 Å². The third-order valence-corrected chi connectivity index (χ3v) is 4.84. The number of amides is 1. The summed E-state index contributed by atoms with van der Waals surface area (Å²) in [6.45, 7) is 0.0627. The molecule has 1 amide bonds. The van der Waals surface area contributed by atoms with Gasteiger partial charge in [-0.2, -0.15) is 4.68 Å². The number of fused-ring (bicyclic) bond motifs is 1. The van der Waals surface area contributed by atoms with Gasteiger partial charge in [0.2, 0.25) is 5.91 Å². The summed E-state index contributed by atoms with van der Waals surface area (Å²) in [5.74, 6) is 0.290. The number of hydrogen-bond donors (Lipinski definition) is 1. The Morgan fingerprint density at radius 2 is 2.03 bits per heavy atom. The zero-order valence-corrected chi connectivity index (χ0v) is 16.7. The van der Waals surface area contributed by atoms with Crippen LogP contribution < -0.4 is 15.6 Å². The van der Waals surface area contributed by atoms with Gasteiger partial charge in [0.05, 0.1) is 12.8 Å². The van der Waals surface area contributed by atoms with Crippen molar-refractivity contribution in [3.63, 3.8) is 0 Å². The van der Waals surface area contributed by atoms with Crippen molar-refractivity contribution in [3.05, 3.63) is 75.8 Å². The predicted molar refractivity (Wildman–Crippen MR) is 111 cm³/mol. The number of ether oxygens (including phenoxy) is 1. The summed E-state index contributed by atoms with van der Waals surface area (Å²) < 4.78 is 7.85. The molecule has 0 aliphatic rings. The van der Waals surface area contributed by atoms with Gasteiger partial charge in [-0.25, -0.2) is 4.98 Å². The minimum atomic E-state index is -0.456. The fourth-order valence-corrected chi connectivity index (χ4v) is 3.12. The average Bonchev–Trinajstić information content (AvgIpc) is 3.20. The number of rotatable bonds is 6. The van der Waals surface area contributed by atoms with Gasteiger partial charge in [0.15, 0.2) is 11.2 Å². The molecule has 152 valence electrons. The zero-order valence-electron chi connectivity index (χ0n) is 15.9. The van der Waals surface area contributed by atoms with Gasteiger partial charge in [-0.3, -0.25) is 14.2 Å². The molecule has 0 aliphatic carbocycles. The number of carbonyl (C=O) groups excluding carboxylic acids is 1. The van der Waals surface area contributed by atoms with Gasteiger partial charge >= 0.3 is 0 Å². The van der Waals surface area contributed by atoms with E-state index in [-0.39, 0.29) is 24.5 Å². The third kappa shape index (κ3) is 3.87. The largest absolute Gasteiger partial charge is 0.497 e. The third-order valence-electron chi connectivity index (χ3n) is 4.48. The van der Waals surface area contributed by atoms with Crippen LogP contribution >= 0.6 is 11.6 Å².